The van der Waals surface area contributed by atoms with Crippen LogP contribution in [0.3, 0.4) is 0 Å². The molecule has 0 aliphatic heterocycles. The quantitative estimate of drug-likeness (QED) is 0.437. The maximum absolute atomic E-state index is 12.6. The van der Waals surface area contributed by atoms with E-state index in [4.69, 9.17) is 29.0 Å². The third-order valence-corrected chi connectivity index (χ3v) is 5.90. The van der Waals surface area contributed by atoms with Crippen LogP contribution in [-0.2, 0) is 4.79 Å². The summed E-state index contributed by atoms with van der Waals surface area (Å²) in [7, 11) is 0. The van der Waals surface area contributed by atoms with Gasteiger partial charge in [0, 0.05) is 15.7 Å². The predicted octanol–water partition coefficient (Wildman–Crippen LogP) is 3.46. The summed E-state index contributed by atoms with van der Waals surface area (Å²) in [6.45, 7) is 7.42. The summed E-state index contributed by atoms with van der Waals surface area (Å²) in [5.41, 5.74) is 2.52. The van der Waals surface area contributed by atoms with Gasteiger partial charge in [-0.1, -0.05) is 41.0 Å². The number of halogens is 2. The number of hydrogen-bond acceptors (Lipinski definition) is 6. The van der Waals surface area contributed by atoms with E-state index < -0.39 is 5.25 Å². The molecule has 2 atom stereocenters. The standard InChI is InChI=1S/C18H21Cl2N7OS/c1-9-7-10(2)27(25-9)17-23-24-18(26(17)21)29-12(4)16(28)22-11(3)14-6-5-13(19)8-15(14)20/h5-8,11-12H,21H2,1-4H3,(H,22,28). The Kier molecular flexibility index (Phi) is 6.40. The first-order valence-corrected chi connectivity index (χ1v) is 10.5. The van der Waals surface area contributed by atoms with Gasteiger partial charge in [0.2, 0.25) is 11.1 Å². The van der Waals surface area contributed by atoms with Crippen LogP contribution in [0.1, 0.15) is 36.8 Å². The van der Waals surface area contributed by atoms with Gasteiger partial charge in [-0.15, -0.1) is 10.2 Å². The van der Waals surface area contributed by atoms with E-state index in [1.807, 2.05) is 26.8 Å². The van der Waals surface area contributed by atoms with E-state index in [1.54, 1.807) is 29.8 Å². The van der Waals surface area contributed by atoms with E-state index in [2.05, 4.69) is 20.6 Å². The van der Waals surface area contributed by atoms with E-state index in [-0.39, 0.29) is 11.9 Å². The fraction of sp³-hybridized carbons (Fsp3) is 0.333. The molecule has 2 unspecified atom stereocenters. The molecule has 29 heavy (non-hydrogen) atoms. The van der Waals surface area contributed by atoms with Crippen molar-refractivity contribution in [1.29, 1.82) is 0 Å². The smallest absolute Gasteiger partial charge is 0.271 e. The van der Waals surface area contributed by atoms with Crippen LogP contribution < -0.4 is 11.2 Å². The number of aryl methyl sites for hydroxylation is 2. The first-order chi connectivity index (χ1) is 13.7. The summed E-state index contributed by atoms with van der Waals surface area (Å²) in [6, 6.07) is 6.82. The zero-order chi connectivity index (χ0) is 21.3. The number of carbonyl (C=O) groups is 1. The third kappa shape index (κ3) is 4.68. The van der Waals surface area contributed by atoms with Crippen LogP contribution in [0.15, 0.2) is 29.4 Å². The van der Waals surface area contributed by atoms with Gasteiger partial charge in [-0.05, 0) is 51.5 Å². The van der Waals surface area contributed by atoms with Crippen molar-refractivity contribution in [2.24, 2.45) is 0 Å². The van der Waals surface area contributed by atoms with Crippen molar-refractivity contribution in [2.45, 2.75) is 44.1 Å². The minimum absolute atomic E-state index is 0.177. The van der Waals surface area contributed by atoms with Crippen LogP contribution in [0.25, 0.3) is 5.95 Å². The molecular formula is C18H21Cl2N7OS. The molecule has 0 aliphatic rings. The minimum Gasteiger partial charge on any atom is -0.349 e. The molecule has 0 radical (unpaired) electrons. The van der Waals surface area contributed by atoms with Gasteiger partial charge in [0.25, 0.3) is 5.95 Å². The molecule has 0 fully saturated rings. The van der Waals surface area contributed by atoms with Gasteiger partial charge in [0.15, 0.2) is 0 Å². The number of carbonyl (C=O) groups excluding carboxylic acids is 1. The van der Waals surface area contributed by atoms with Crippen molar-refractivity contribution >= 4 is 40.9 Å². The summed E-state index contributed by atoms with van der Waals surface area (Å²) < 4.78 is 2.94. The summed E-state index contributed by atoms with van der Waals surface area (Å²) in [6.07, 6.45) is 0. The maximum Gasteiger partial charge on any atom is 0.271 e. The molecule has 154 valence electrons. The zero-order valence-electron chi connectivity index (χ0n) is 16.3. The molecule has 11 heteroatoms. The Balaban J connectivity index is 1.69. The number of nitrogens with two attached hydrogens (primary N) is 1. The average molecular weight is 454 g/mol. The lowest BCUT2D eigenvalue weighted by Gasteiger charge is -2.18. The van der Waals surface area contributed by atoms with Crippen LogP contribution in [0, 0.1) is 13.8 Å². The molecule has 0 spiro atoms. The van der Waals surface area contributed by atoms with Crippen molar-refractivity contribution in [1.82, 2.24) is 30.0 Å². The molecular weight excluding hydrogens is 433 g/mol. The molecule has 3 rings (SSSR count). The number of amides is 1. The summed E-state index contributed by atoms with van der Waals surface area (Å²) >= 11 is 13.4. The summed E-state index contributed by atoms with van der Waals surface area (Å²) in [5.74, 6) is 6.34. The highest BCUT2D eigenvalue weighted by molar-refractivity contribution is 8.00. The highest BCUT2D eigenvalue weighted by atomic mass is 35.5. The Hall–Kier alpha value is -2.23. The molecule has 0 bridgehead atoms. The molecule has 3 N–H and O–H groups in total. The Morgan fingerprint density at radius 2 is 1.93 bits per heavy atom. The number of nitrogens with one attached hydrogen (secondary N) is 1. The number of rotatable bonds is 6. The van der Waals surface area contributed by atoms with Crippen molar-refractivity contribution in [3.8, 4) is 5.95 Å². The predicted molar refractivity (Wildman–Crippen MR) is 115 cm³/mol. The highest BCUT2D eigenvalue weighted by Gasteiger charge is 2.23. The second kappa shape index (κ2) is 8.64. The van der Waals surface area contributed by atoms with Crippen molar-refractivity contribution in [2.75, 3.05) is 5.84 Å². The molecule has 8 nitrogen and oxygen atoms in total. The van der Waals surface area contributed by atoms with Crippen molar-refractivity contribution in [3.05, 3.63) is 51.3 Å². The third-order valence-electron chi connectivity index (χ3n) is 4.28. The zero-order valence-corrected chi connectivity index (χ0v) is 18.7. The Morgan fingerprint density at radius 1 is 1.21 bits per heavy atom. The van der Waals surface area contributed by atoms with E-state index in [9.17, 15) is 4.79 Å². The SMILES string of the molecule is Cc1cc(C)n(-c2nnc(SC(C)C(=O)NC(C)c3ccc(Cl)cc3Cl)n2N)n1. The van der Waals surface area contributed by atoms with Gasteiger partial charge >= 0.3 is 0 Å². The van der Waals surface area contributed by atoms with E-state index >= 15 is 0 Å². The first-order valence-electron chi connectivity index (χ1n) is 8.83. The van der Waals surface area contributed by atoms with Gasteiger partial charge < -0.3 is 11.2 Å². The molecule has 0 saturated heterocycles. The maximum atomic E-state index is 12.6. The Morgan fingerprint density at radius 3 is 2.55 bits per heavy atom. The molecule has 0 saturated carbocycles. The van der Waals surface area contributed by atoms with Crippen LogP contribution in [0.2, 0.25) is 10.0 Å². The topological polar surface area (TPSA) is 104 Å². The molecule has 2 heterocycles. The summed E-state index contributed by atoms with van der Waals surface area (Å²) in [4.78, 5) is 12.6. The molecule has 1 aromatic carbocycles. The minimum atomic E-state index is -0.455. The van der Waals surface area contributed by atoms with E-state index in [1.165, 1.54) is 16.4 Å². The Bertz CT molecular complexity index is 1050. The van der Waals surface area contributed by atoms with E-state index in [0.717, 1.165) is 17.0 Å². The van der Waals surface area contributed by atoms with Crippen LogP contribution in [0.5, 0.6) is 0 Å². The summed E-state index contributed by atoms with van der Waals surface area (Å²) in [5, 5.41) is 16.5. The van der Waals surface area contributed by atoms with Gasteiger partial charge in [0.1, 0.15) is 0 Å². The van der Waals surface area contributed by atoms with Gasteiger partial charge in [-0.2, -0.15) is 5.10 Å². The lowest BCUT2D eigenvalue weighted by atomic mass is 10.1. The van der Waals surface area contributed by atoms with Gasteiger partial charge in [-0.3, -0.25) is 4.79 Å². The number of nitrogen functional groups attached to an aromatic ring is 1. The monoisotopic (exact) mass is 453 g/mol. The highest BCUT2D eigenvalue weighted by Crippen LogP contribution is 2.27. The second-order valence-corrected chi connectivity index (χ2v) is 8.80. The molecule has 2 aromatic heterocycles. The molecule has 1 amide bonds. The lowest BCUT2D eigenvalue weighted by molar-refractivity contribution is -0.120. The van der Waals surface area contributed by atoms with Crippen LogP contribution in [0.4, 0.5) is 0 Å². The molecule has 0 aliphatic carbocycles. The fourth-order valence-corrected chi connectivity index (χ4v) is 4.14. The number of thioether (sulfide) groups is 1. The number of hydrogen-bond donors (Lipinski definition) is 2. The van der Waals surface area contributed by atoms with Crippen LogP contribution in [-0.4, -0.2) is 35.8 Å². The number of aromatic nitrogens is 5. The van der Waals surface area contributed by atoms with Crippen molar-refractivity contribution < 1.29 is 4.79 Å². The van der Waals surface area contributed by atoms with Crippen molar-refractivity contribution in [3.63, 3.8) is 0 Å². The fourth-order valence-electron chi connectivity index (χ4n) is 2.80. The molecule has 3 aromatic rings. The normalized spacial score (nSPS) is 13.3. The average Bonchev–Trinajstić information content (AvgIpc) is 3.16. The van der Waals surface area contributed by atoms with E-state index in [0.29, 0.717) is 21.2 Å². The Labute approximate surface area is 182 Å². The van der Waals surface area contributed by atoms with Gasteiger partial charge in [-0.25, -0.2) is 9.36 Å². The second-order valence-electron chi connectivity index (χ2n) is 6.65. The first kappa shape index (κ1) is 21.5. The lowest BCUT2D eigenvalue weighted by Crippen LogP contribution is -2.33. The number of benzene rings is 1. The largest absolute Gasteiger partial charge is 0.349 e. The van der Waals surface area contributed by atoms with Crippen LogP contribution >= 0.6 is 35.0 Å². The van der Waals surface area contributed by atoms with Gasteiger partial charge in [0.05, 0.1) is 17.0 Å². The number of nitrogens with zero attached hydrogens (tertiary/aromatic N) is 5.